The van der Waals surface area contributed by atoms with E-state index in [1.807, 2.05) is 36.7 Å². The van der Waals surface area contributed by atoms with Gasteiger partial charge in [-0.15, -0.1) is 0 Å². The summed E-state index contributed by atoms with van der Waals surface area (Å²) in [4.78, 5) is 21.6. The summed E-state index contributed by atoms with van der Waals surface area (Å²) >= 11 is 0. The van der Waals surface area contributed by atoms with E-state index in [1.165, 1.54) is 82.6 Å². The van der Waals surface area contributed by atoms with Crippen molar-refractivity contribution in [3.05, 3.63) is 66.5 Å². The molecule has 0 aliphatic heterocycles. The number of aromatic nitrogens is 2. The van der Waals surface area contributed by atoms with Crippen LogP contribution >= 0.6 is 0 Å². The average molecular weight is 543 g/mol. The van der Waals surface area contributed by atoms with Crippen LogP contribution in [0.2, 0.25) is 0 Å². The lowest BCUT2D eigenvalue weighted by atomic mass is 9.98. The molecule has 0 spiro atoms. The Kier molecular flexibility index (Phi) is 14.5. The highest BCUT2D eigenvalue weighted by atomic mass is 16.5. The summed E-state index contributed by atoms with van der Waals surface area (Å²) in [5.41, 5.74) is 4.35. The maximum absolute atomic E-state index is 12.3. The van der Waals surface area contributed by atoms with Crippen molar-refractivity contribution in [2.45, 2.75) is 117 Å². The molecule has 1 atom stereocenters. The summed E-state index contributed by atoms with van der Waals surface area (Å²) in [5, 5.41) is 0. The molecule has 3 aromatic rings. The molecule has 2 aromatic carbocycles. The van der Waals surface area contributed by atoms with Gasteiger partial charge >= 0.3 is 5.97 Å². The first-order valence-electron chi connectivity index (χ1n) is 15.8. The molecule has 0 amide bonds. The number of carbonyl (C=O) groups excluding carboxylic acids is 1. The molecule has 0 radical (unpaired) electrons. The molecule has 4 heteroatoms. The maximum atomic E-state index is 12.3. The van der Waals surface area contributed by atoms with Crippen LogP contribution in [0, 0.1) is 5.92 Å². The van der Waals surface area contributed by atoms with Crippen molar-refractivity contribution < 1.29 is 9.53 Å². The Morgan fingerprint density at radius 2 is 1.25 bits per heavy atom. The molecule has 0 saturated heterocycles. The van der Waals surface area contributed by atoms with Crippen molar-refractivity contribution >= 4 is 5.97 Å². The molecule has 0 N–H and O–H groups in total. The lowest BCUT2D eigenvalue weighted by molar-refractivity contribution is -0.134. The van der Waals surface area contributed by atoms with Gasteiger partial charge in [0.05, 0.1) is 0 Å². The number of rotatable bonds is 19. The molecule has 216 valence electrons. The smallest absolute Gasteiger partial charge is 0.311 e. The van der Waals surface area contributed by atoms with Gasteiger partial charge in [-0.3, -0.25) is 4.79 Å². The van der Waals surface area contributed by atoms with Gasteiger partial charge < -0.3 is 4.74 Å². The lowest BCUT2D eigenvalue weighted by Gasteiger charge is -2.11. The monoisotopic (exact) mass is 542 g/mol. The third-order valence-corrected chi connectivity index (χ3v) is 7.74. The fraction of sp³-hybridized carbons (Fsp3) is 0.528. The molecular formula is C36H50N2O2. The Hall–Kier alpha value is -3.01. The van der Waals surface area contributed by atoms with Gasteiger partial charge in [-0.1, -0.05) is 128 Å². The van der Waals surface area contributed by atoms with Gasteiger partial charge in [-0.05, 0) is 48.4 Å². The summed E-state index contributed by atoms with van der Waals surface area (Å²) < 4.78 is 5.58. The highest BCUT2D eigenvalue weighted by molar-refractivity contribution is 5.73. The molecule has 1 unspecified atom stereocenters. The molecule has 0 aliphatic rings. The molecule has 0 aliphatic carbocycles. The summed E-state index contributed by atoms with van der Waals surface area (Å²) in [6, 6.07) is 16.3. The third kappa shape index (κ3) is 11.6. The highest BCUT2D eigenvalue weighted by Crippen LogP contribution is 2.24. The zero-order chi connectivity index (χ0) is 28.4. The fourth-order valence-corrected chi connectivity index (χ4v) is 5.06. The van der Waals surface area contributed by atoms with E-state index >= 15 is 0 Å². The normalized spacial score (nSPS) is 11.9. The van der Waals surface area contributed by atoms with E-state index < -0.39 is 0 Å². The van der Waals surface area contributed by atoms with E-state index in [4.69, 9.17) is 4.74 Å². The van der Waals surface area contributed by atoms with Gasteiger partial charge in [0.2, 0.25) is 0 Å². The van der Waals surface area contributed by atoms with Crippen LogP contribution < -0.4 is 4.74 Å². The van der Waals surface area contributed by atoms with Crippen LogP contribution in [0.1, 0.15) is 116 Å². The minimum absolute atomic E-state index is 0.156. The van der Waals surface area contributed by atoms with Crippen LogP contribution in [0.3, 0.4) is 0 Å². The number of esters is 1. The number of ether oxygens (including phenoxy) is 1. The van der Waals surface area contributed by atoms with E-state index in [1.54, 1.807) is 0 Å². The number of benzene rings is 2. The number of hydrogen-bond donors (Lipinski definition) is 0. The van der Waals surface area contributed by atoms with Crippen LogP contribution in [0.15, 0.2) is 60.9 Å². The summed E-state index contributed by atoms with van der Waals surface area (Å²) in [5.74, 6) is 1.72. The molecule has 1 heterocycles. The number of unbranched alkanes of at least 4 members (excludes halogenated alkanes) is 9. The van der Waals surface area contributed by atoms with Gasteiger partial charge in [0.25, 0.3) is 0 Å². The fourth-order valence-electron chi connectivity index (χ4n) is 5.06. The summed E-state index contributed by atoms with van der Waals surface area (Å²) in [6.07, 6.45) is 21.8. The van der Waals surface area contributed by atoms with Crippen LogP contribution in [-0.2, 0) is 11.2 Å². The Labute approximate surface area is 243 Å². The zero-order valence-electron chi connectivity index (χ0n) is 25.2. The van der Waals surface area contributed by atoms with Crippen molar-refractivity contribution in [2.75, 3.05) is 0 Å². The predicted molar refractivity (Wildman–Crippen MR) is 167 cm³/mol. The highest BCUT2D eigenvalue weighted by Gasteiger charge is 2.10. The number of hydrogen-bond acceptors (Lipinski definition) is 4. The minimum atomic E-state index is -0.156. The molecule has 40 heavy (non-hydrogen) atoms. The van der Waals surface area contributed by atoms with Crippen molar-refractivity contribution in [1.82, 2.24) is 9.97 Å². The van der Waals surface area contributed by atoms with Gasteiger partial charge in [0.15, 0.2) is 5.82 Å². The Morgan fingerprint density at radius 1 is 0.675 bits per heavy atom. The topological polar surface area (TPSA) is 52.1 Å². The lowest BCUT2D eigenvalue weighted by Crippen LogP contribution is -2.09. The Morgan fingerprint density at radius 3 is 1.90 bits per heavy atom. The molecule has 4 nitrogen and oxygen atoms in total. The second kappa shape index (κ2) is 18.4. The Bertz CT molecular complexity index is 1090. The number of aryl methyl sites for hydroxylation is 1. The van der Waals surface area contributed by atoms with Crippen LogP contribution in [0.5, 0.6) is 5.75 Å². The van der Waals surface area contributed by atoms with Crippen molar-refractivity contribution in [3.8, 4) is 28.3 Å². The van der Waals surface area contributed by atoms with Gasteiger partial charge in [0.1, 0.15) is 5.75 Å². The van der Waals surface area contributed by atoms with E-state index in [9.17, 15) is 4.79 Å². The molecule has 3 rings (SSSR count). The van der Waals surface area contributed by atoms with Gasteiger partial charge in [-0.25, -0.2) is 9.97 Å². The molecular weight excluding hydrogens is 492 g/mol. The minimum Gasteiger partial charge on any atom is -0.427 e. The molecule has 0 saturated carbocycles. The SMILES string of the molecule is CCCCCCCCc1ccc(-c2ncc(-c3ccc(OC(=O)CCC(C)CCCCCCC)cc3)cn2)cc1. The standard InChI is InChI=1S/C36H50N2O2/c1-4-6-8-10-12-14-16-30-18-20-32(21-19-30)36-37-27-33(28-38-36)31-22-24-34(25-23-31)40-35(39)26-17-29(3)15-13-11-9-7-5-2/h18-25,27-29H,4-17,26H2,1-3H3. The molecule has 1 aromatic heterocycles. The van der Waals surface area contributed by atoms with Crippen molar-refractivity contribution in [2.24, 2.45) is 5.92 Å². The van der Waals surface area contributed by atoms with E-state index in [-0.39, 0.29) is 5.97 Å². The number of carbonyl (C=O) groups is 1. The summed E-state index contributed by atoms with van der Waals surface area (Å²) in [6.45, 7) is 6.74. The van der Waals surface area contributed by atoms with Gasteiger partial charge in [-0.2, -0.15) is 0 Å². The average Bonchev–Trinajstić information content (AvgIpc) is 2.98. The summed E-state index contributed by atoms with van der Waals surface area (Å²) in [7, 11) is 0. The van der Waals surface area contributed by atoms with E-state index in [2.05, 4.69) is 55.0 Å². The zero-order valence-corrected chi connectivity index (χ0v) is 25.2. The third-order valence-electron chi connectivity index (χ3n) is 7.74. The Balaban J connectivity index is 1.42. The first-order valence-corrected chi connectivity index (χ1v) is 15.8. The maximum Gasteiger partial charge on any atom is 0.311 e. The largest absolute Gasteiger partial charge is 0.427 e. The quantitative estimate of drug-likeness (QED) is 0.0859. The van der Waals surface area contributed by atoms with Crippen LogP contribution in [0.25, 0.3) is 22.5 Å². The van der Waals surface area contributed by atoms with Crippen LogP contribution in [0.4, 0.5) is 0 Å². The predicted octanol–water partition coefficient (Wildman–Crippen LogP) is 10.4. The molecule has 0 fully saturated rings. The van der Waals surface area contributed by atoms with Gasteiger partial charge in [0, 0.05) is 29.9 Å². The van der Waals surface area contributed by atoms with Crippen molar-refractivity contribution in [1.29, 1.82) is 0 Å². The molecule has 0 bridgehead atoms. The van der Waals surface area contributed by atoms with E-state index in [0.717, 1.165) is 35.4 Å². The first kappa shape index (κ1) is 31.5. The van der Waals surface area contributed by atoms with E-state index in [0.29, 0.717) is 18.1 Å². The number of nitrogens with zero attached hydrogens (tertiary/aromatic N) is 2. The second-order valence-electron chi connectivity index (χ2n) is 11.4. The first-order chi connectivity index (χ1) is 19.6. The van der Waals surface area contributed by atoms with Crippen LogP contribution in [-0.4, -0.2) is 15.9 Å². The van der Waals surface area contributed by atoms with Crippen molar-refractivity contribution in [3.63, 3.8) is 0 Å². The second-order valence-corrected chi connectivity index (χ2v) is 11.4.